The van der Waals surface area contributed by atoms with E-state index >= 15 is 0 Å². The average molecular weight is 354 g/mol. The average Bonchev–Trinajstić information content (AvgIpc) is 3.03. The first-order chi connectivity index (χ1) is 11.0. The second-order valence-electron chi connectivity index (χ2n) is 4.74. The first kappa shape index (κ1) is 17.6. The highest BCUT2D eigenvalue weighted by Crippen LogP contribution is 2.21. The molecule has 0 saturated carbocycles. The van der Waals surface area contributed by atoms with Gasteiger partial charge in [-0.3, -0.25) is 4.79 Å². The molecule has 23 heavy (non-hydrogen) atoms. The second kappa shape index (κ2) is 7.69. The van der Waals surface area contributed by atoms with Crippen LogP contribution in [0.3, 0.4) is 0 Å². The number of ether oxygens (including phenoxy) is 1. The van der Waals surface area contributed by atoms with Gasteiger partial charge >= 0.3 is 0 Å². The van der Waals surface area contributed by atoms with Crippen molar-refractivity contribution in [2.75, 3.05) is 14.2 Å². The molecule has 0 atom stereocenters. The number of sulfonamides is 1. The molecule has 8 heteroatoms. The van der Waals surface area contributed by atoms with Gasteiger partial charge in [-0.25, -0.2) is 13.1 Å². The van der Waals surface area contributed by atoms with E-state index < -0.39 is 10.0 Å². The minimum atomic E-state index is -3.44. The van der Waals surface area contributed by atoms with Crippen molar-refractivity contribution in [2.24, 2.45) is 0 Å². The number of methoxy groups -OCH3 is 1. The molecule has 0 spiro atoms. The fourth-order valence-electron chi connectivity index (χ4n) is 1.94. The molecule has 0 saturated heterocycles. The molecule has 0 bridgehead atoms. The Morgan fingerprint density at radius 1 is 1.26 bits per heavy atom. The van der Waals surface area contributed by atoms with E-state index in [1.54, 1.807) is 31.4 Å². The van der Waals surface area contributed by atoms with E-state index in [0.29, 0.717) is 12.2 Å². The molecule has 0 unspecified atom stereocenters. The molecule has 1 aromatic carbocycles. The van der Waals surface area contributed by atoms with Crippen LogP contribution in [0, 0.1) is 0 Å². The van der Waals surface area contributed by atoms with Crippen molar-refractivity contribution < 1.29 is 17.9 Å². The molecule has 1 heterocycles. The molecule has 2 N–H and O–H groups in total. The molecule has 0 aliphatic heterocycles. The van der Waals surface area contributed by atoms with Crippen molar-refractivity contribution in [3.05, 3.63) is 52.4 Å². The summed E-state index contributed by atoms with van der Waals surface area (Å²) in [5.41, 5.74) is 1.46. The van der Waals surface area contributed by atoms with Gasteiger partial charge in [-0.15, -0.1) is 11.3 Å². The van der Waals surface area contributed by atoms with Crippen LogP contribution < -0.4 is 10.0 Å². The van der Waals surface area contributed by atoms with Gasteiger partial charge in [0.15, 0.2) is 0 Å². The fourth-order valence-corrected chi connectivity index (χ4v) is 4.07. The zero-order valence-corrected chi connectivity index (χ0v) is 14.5. The van der Waals surface area contributed by atoms with Gasteiger partial charge in [0.2, 0.25) is 10.0 Å². The molecule has 0 fully saturated rings. The SMILES string of the molecule is CNS(=O)(=O)c1ccc(CNC(=O)c2cccc(COC)c2)s1. The third-order valence-electron chi connectivity index (χ3n) is 3.09. The van der Waals surface area contributed by atoms with E-state index in [-0.39, 0.29) is 16.7 Å². The molecule has 1 amide bonds. The van der Waals surface area contributed by atoms with Gasteiger partial charge in [0, 0.05) is 17.6 Å². The largest absolute Gasteiger partial charge is 0.380 e. The zero-order valence-electron chi connectivity index (χ0n) is 12.8. The van der Waals surface area contributed by atoms with Gasteiger partial charge in [0.05, 0.1) is 13.2 Å². The lowest BCUT2D eigenvalue weighted by Crippen LogP contribution is -2.22. The molecule has 2 aromatic rings. The maximum atomic E-state index is 12.2. The van der Waals surface area contributed by atoms with E-state index in [0.717, 1.165) is 21.8 Å². The predicted octanol–water partition coefficient (Wildman–Crippen LogP) is 1.73. The van der Waals surface area contributed by atoms with Crippen molar-refractivity contribution >= 4 is 27.3 Å². The van der Waals surface area contributed by atoms with Crippen LogP contribution in [0.2, 0.25) is 0 Å². The number of thiophene rings is 1. The maximum Gasteiger partial charge on any atom is 0.251 e. The van der Waals surface area contributed by atoms with Crippen LogP contribution in [0.1, 0.15) is 20.8 Å². The monoisotopic (exact) mass is 354 g/mol. The summed E-state index contributed by atoms with van der Waals surface area (Å²) < 4.78 is 30.9. The van der Waals surface area contributed by atoms with Gasteiger partial charge in [-0.2, -0.15) is 0 Å². The number of carbonyl (C=O) groups is 1. The topological polar surface area (TPSA) is 84.5 Å². The minimum absolute atomic E-state index is 0.214. The molecule has 0 radical (unpaired) electrons. The van der Waals surface area contributed by atoms with Crippen LogP contribution in [-0.2, 0) is 27.9 Å². The van der Waals surface area contributed by atoms with Crippen molar-refractivity contribution in [3.63, 3.8) is 0 Å². The fraction of sp³-hybridized carbons (Fsp3) is 0.267. The lowest BCUT2D eigenvalue weighted by Gasteiger charge is -2.06. The van der Waals surface area contributed by atoms with Crippen molar-refractivity contribution in [3.8, 4) is 0 Å². The summed E-state index contributed by atoms with van der Waals surface area (Å²) in [4.78, 5) is 12.9. The Hall–Kier alpha value is -1.74. The summed E-state index contributed by atoms with van der Waals surface area (Å²) in [6.07, 6.45) is 0. The number of benzene rings is 1. The molecular weight excluding hydrogens is 336 g/mol. The maximum absolute atomic E-state index is 12.2. The van der Waals surface area contributed by atoms with Crippen LogP contribution in [0.5, 0.6) is 0 Å². The first-order valence-electron chi connectivity index (χ1n) is 6.84. The minimum Gasteiger partial charge on any atom is -0.380 e. The van der Waals surface area contributed by atoms with Gasteiger partial charge in [-0.1, -0.05) is 12.1 Å². The molecule has 124 valence electrons. The van der Waals surface area contributed by atoms with E-state index in [2.05, 4.69) is 10.0 Å². The number of hydrogen-bond acceptors (Lipinski definition) is 5. The molecule has 1 aromatic heterocycles. The predicted molar refractivity (Wildman–Crippen MR) is 88.9 cm³/mol. The summed E-state index contributed by atoms with van der Waals surface area (Å²) in [5.74, 6) is -0.214. The molecule has 0 aliphatic carbocycles. The number of rotatable bonds is 7. The first-order valence-corrected chi connectivity index (χ1v) is 9.14. The van der Waals surface area contributed by atoms with E-state index in [9.17, 15) is 13.2 Å². The van der Waals surface area contributed by atoms with Gasteiger partial charge in [0.1, 0.15) is 4.21 Å². The molecule has 6 nitrogen and oxygen atoms in total. The second-order valence-corrected chi connectivity index (χ2v) is 8.03. The Morgan fingerprint density at radius 3 is 2.74 bits per heavy atom. The smallest absolute Gasteiger partial charge is 0.251 e. The molecule has 0 aliphatic rings. The van der Waals surface area contributed by atoms with Crippen molar-refractivity contribution in [1.82, 2.24) is 10.0 Å². The summed E-state index contributed by atoms with van der Waals surface area (Å²) in [6.45, 7) is 0.717. The zero-order chi connectivity index (χ0) is 16.9. The Labute approximate surface area is 139 Å². The lowest BCUT2D eigenvalue weighted by atomic mass is 10.1. The third kappa shape index (κ3) is 4.61. The summed E-state index contributed by atoms with van der Waals surface area (Å²) in [6, 6.07) is 10.4. The van der Waals surface area contributed by atoms with Gasteiger partial charge in [0.25, 0.3) is 5.91 Å². The van der Waals surface area contributed by atoms with Gasteiger partial charge < -0.3 is 10.1 Å². The number of hydrogen-bond donors (Lipinski definition) is 2. The van der Waals surface area contributed by atoms with Crippen LogP contribution in [0.4, 0.5) is 0 Å². The van der Waals surface area contributed by atoms with Crippen molar-refractivity contribution in [2.45, 2.75) is 17.4 Å². The Balaban J connectivity index is 2.01. The molecule has 2 rings (SSSR count). The Morgan fingerprint density at radius 2 is 2.04 bits per heavy atom. The number of amides is 1. The normalized spacial score (nSPS) is 11.4. The molecular formula is C15H18N2O4S2. The van der Waals surface area contributed by atoms with Crippen LogP contribution >= 0.6 is 11.3 Å². The highest BCUT2D eigenvalue weighted by molar-refractivity contribution is 7.91. The summed E-state index contributed by atoms with van der Waals surface area (Å²) >= 11 is 1.13. The Kier molecular flexibility index (Phi) is 5.89. The van der Waals surface area contributed by atoms with Crippen molar-refractivity contribution in [1.29, 1.82) is 0 Å². The highest BCUT2D eigenvalue weighted by atomic mass is 32.2. The standard InChI is InChI=1S/C15H18N2O4S2/c1-16-23(19,20)14-7-6-13(22-14)9-17-15(18)12-5-3-4-11(8-12)10-21-2/h3-8,16H,9-10H2,1-2H3,(H,17,18). The van der Waals surface area contributed by atoms with E-state index in [1.807, 2.05) is 6.07 Å². The number of carbonyl (C=O) groups excluding carboxylic acids is 1. The van der Waals surface area contributed by atoms with E-state index in [4.69, 9.17) is 4.74 Å². The number of nitrogens with one attached hydrogen (secondary N) is 2. The quantitative estimate of drug-likeness (QED) is 0.793. The van der Waals surface area contributed by atoms with Crippen LogP contribution in [0.15, 0.2) is 40.6 Å². The Bertz CT molecular complexity index is 784. The highest BCUT2D eigenvalue weighted by Gasteiger charge is 2.14. The lowest BCUT2D eigenvalue weighted by molar-refractivity contribution is 0.0951. The summed E-state index contributed by atoms with van der Waals surface area (Å²) in [7, 11) is -0.476. The summed E-state index contributed by atoms with van der Waals surface area (Å²) in [5, 5.41) is 2.78. The third-order valence-corrected chi connectivity index (χ3v) is 6.09. The van der Waals surface area contributed by atoms with E-state index in [1.165, 1.54) is 13.1 Å². The van der Waals surface area contributed by atoms with Gasteiger partial charge in [-0.05, 0) is 36.9 Å². The van der Waals surface area contributed by atoms with Crippen LogP contribution in [0.25, 0.3) is 0 Å². The van der Waals surface area contributed by atoms with Crippen LogP contribution in [-0.4, -0.2) is 28.5 Å².